The third kappa shape index (κ3) is 4.79. The van der Waals surface area contributed by atoms with Crippen LogP contribution in [0.2, 0.25) is 0 Å². The first-order valence-corrected chi connectivity index (χ1v) is 9.28. The standard InChI is InChI=1S/C20H22FN3O5/c1-12(9-21)6-7-22-20(28)29-11-13-2-3-14-10-24(19(27)15(14)8-13)16-4-5-17(25)23-18(16)26/h2-3,8,16H,1,4-7,9-11H2,(H,22,28)(H,23,25,26). The normalized spacial score (nSPS) is 18.3. The van der Waals surface area contributed by atoms with Crippen molar-refractivity contribution in [2.45, 2.75) is 38.5 Å². The van der Waals surface area contributed by atoms with Crippen molar-refractivity contribution in [3.8, 4) is 0 Å². The van der Waals surface area contributed by atoms with Crippen LogP contribution in [0, 0.1) is 0 Å². The minimum absolute atomic E-state index is 0.0329. The van der Waals surface area contributed by atoms with Crippen molar-refractivity contribution in [2.24, 2.45) is 0 Å². The van der Waals surface area contributed by atoms with E-state index in [-0.39, 0.29) is 31.4 Å². The summed E-state index contributed by atoms with van der Waals surface area (Å²) in [6, 6.07) is 4.48. The van der Waals surface area contributed by atoms with Gasteiger partial charge < -0.3 is 15.0 Å². The molecule has 9 heteroatoms. The van der Waals surface area contributed by atoms with Crippen LogP contribution in [0.15, 0.2) is 30.4 Å². The molecule has 29 heavy (non-hydrogen) atoms. The number of imide groups is 1. The highest BCUT2D eigenvalue weighted by Crippen LogP contribution is 2.28. The Labute approximate surface area is 167 Å². The number of ether oxygens (including phenoxy) is 1. The molecule has 0 aliphatic carbocycles. The maximum Gasteiger partial charge on any atom is 0.407 e. The van der Waals surface area contributed by atoms with E-state index in [9.17, 15) is 23.6 Å². The van der Waals surface area contributed by atoms with Crippen LogP contribution in [0.5, 0.6) is 0 Å². The Kier molecular flexibility index (Phi) is 6.26. The molecule has 2 aliphatic rings. The molecule has 0 spiro atoms. The number of rotatable bonds is 7. The van der Waals surface area contributed by atoms with Gasteiger partial charge in [0.1, 0.15) is 19.3 Å². The lowest BCUT2D eigenvalue weighted by molar-refractivity contribution is -0.136. The summed E-state index contributed by atoms with van der Waals surface area (Å²) >= 11 is 0. The average molecular weight is 403 g/mol. The fraction of sp³-hybridized carbons (Fsp3) is 0.400. The van der Waals surface area contributed by atoms with E-state index < -0.39 is 24.7 Å². The van der Waals surface area contributed by atoms with Crippen LogP contribution < -0.4 is 10.6 Å². The van der Waals surface area contributed by atoms with Crippen molar-refractivity contribution in [1.82, 2.24) is 15.5 Å². The highest BCUT2D eigenvalue weighted by atomic mass is 19.1. The summed E-state index contributed by atoms with van der Waals surface area (Å²) in [5, 5.41) is 4.76. The van der Waals surface area contributed by atoms with Gasteiger partial charge in [0.2, 0.25) is 11.8 Å². The molecular formula is C20H22FN3O5. The molecule has 1 saturated heterocycles. The lowest BCUT2D eigenvalue weighted by Crippen LogP contribution is -2.52. The average Bonchev–Trinajstić information content (AvgIpc) is 3.02. The molecule has 0 bridgehead atoms. The summed E-state index contributed by atoms with van der Waals surface area (Å²) < 4.78 is 17.4. The fourth-order valence-corrected chi connectivity index (χ4v) is 3.30. The summed E-state index contributed by atoms with van der Waals surface area (Å²) in [5.74, 6) is -1.08. The van der Waals surface area contributed by atoms with Crippen LogP contribution in [0.1, 0.15) is 40.7 Å². The van der Waals surface area contributed by atoms with E-state index in [1.165, 1.54) is 4.90 Å². The number of amides is 4. The fourth-order valence-electron chi connectivity index (χ4n) is 3.30. The Bertz CT molecular complexity index is 870. The minimum atomic E-state index is -0.669. The van der Waals surface area contributed by atoms with E-state index >= 15 is 0 Å². The maximum absolute atomic E-state index is 12.7. The summed E-state index contributed by atoms with van der Waals surface area (Å²) in [6.07, 6.45) is 0.183. The van der Waals surface area contributed by atoms with Crippen molar-refractivity contribution >= 4 is 23.8 Å². The predicted molar refractivity (Wildman–Crippen MR) is 100 cm³/mol. The Morgan fingerprint density at radius 2 is 2.14 bits per heavy atom. The summed E-state index contributed by atoms with van der Waals surface area (Å²) in [5.41, 5.74) is 2.25. The van der Waals surface area contributed by atoms with Crippen LogP contribution in [0.4, 0.5) is 9.18 Å². The van der Waals surface area contributed by atoms with Gasteiger partial charge in [0.05, 0.1) is 0 Å². The molecule has 1 aromatic rings. The number of alkyl halides is 1. The Morgan fingerprint density at radius 3 is 2.86 bits per heavy atom. The summed E-state index contributed by atoms with van der Waals surface area (Å²) in [6.45, 7) is 3.36. The molecule has 2 N–H and O–H groups in total. The molecule has 3 rings (SSSR count). The second kappa shape index (κ2) is 8.85. The molecule has 1 unspecified atom stereocenters. The molecule has 4 amide bonds. The Hall–Kier alpha value is -3.23. The number of halogens is 1. The third-order valence-corrected chi connectivity index (χ3v) is 4.90. The van der Waals surface area contributed by atoms with E-state index in [1.54, 1.807) is 18.2 Å². The van der Waals surface area contributed by atoms with E-state index in [4.69, 9.17) is 4.74 Å². The van der Waals surface area contributed by atoms with Gasteiger partial charge in [-0.05, 0) is 35.6 Å². The number of carbonyl (C=O) groups excluding carboxylic acids is 4. The van der Waals surface area contributed by atoms with E-state index in [0.29, 0.717) is 36.1 Å². The van der Waals surface area contributed by atoms with Crippen LogP contribution in [-0.2, 0) is 27.5 Å². The van der Waals surface area contributed by atoms with Gasteiger partial charge in [-0.1, -0.05) is 18.7 Å². The van der Waals surface area contributed by atoms with Gasteiger partial charge in [0, 0.05) is 25.1 Å². The quantitative estimate of drug-likeness (QED) is 0.531. The molecule has 8 nitrogen and oxygen atoms in total. The zero-order chi connectivity index (χ0) is 21.0. The smallest absolute Gasteiger partial charge is 0.407 e. The molecule has 0 saturated carbocycles. The lowest BCUT2D eigenvalue weighted by atomic mass is 10.0. The van der Waals surface area contributed by atoms with Crippen molar-refractivity contribution < 1.29 is 28.3 Å². The third-order valence-electron chi connectivity index (χ3n) is 4.90. The van der Waals surface area contributed by atoms with Crippen molar-refractivity contribution in [1.29, 1.82) is 0 Å². The molecule has 2 heterocycles. The molecule has 0 aromatic heterocycles. The maximum atomic E-state index is 12.7. The summed E-state index contributed by atoms with van der Waals surface area (Å²) in [4.78, 5) is 49.3. The van der Waals surface area contributed by atoms with Gasteiger partial charge >= 0.3 is 6.09 Å². The predicted octanol–water partition coefficient (Wildman–Crippen LogP) is 1.59. The van der Waals surface area contributed by atoms with Crippen molar-refractivity contribution in [3.63, 3.8) is 0 Å². The van der Waals surface area contributed by atoms with Crippen molar-refractivity contribution in [2.75, 3.05) is 13.2 Å². The number of nitrogens with one attached hydrogen (secondary N) is 2. The zero-order valence-electron chi connectivity index (χ0n) is 15.8. The van der Waals surface area contributed by atoms with Crippen LogP contribution in [-0.4, -0.2) is 48.0 Å². The number of fused-ring (bicyclic) bond motifs is 1. The van der Waals surface area contributed by atoms with E-state index in [1.807, 2.05) is 0 Å². The van der Waals surface area contributed by atoms with Gasteiger partial charge in [0.25, 0.3) is 5.91 Å². The lowest BCUT2D eigenvalue weighted by Gasteiger charge is -2.29. The zero-order valence-corrected chi connectivity index (χ0v) is 15.8. The molecule has 0 radical (unpaired) electrons. The van der Waals surface area contributed by atoms with E-state index in [0.717, 1.165) is 5.56 Å². The van der Waals surface area contributed by atoms with Gasteiger partial charge in [-0.15, -0.1) is 0 Å². The first-order valence-electron chi connectivity index (χ1n) is 9.28. The molecular weight excluding hydrogens is 381 g/mol. The van der Waals surface area contributed by atoms with Gasteiger partial charge in [-0.25, -0.2) is 9.18 Å². The second-order valence-electron chi connectivity index (χ2n) is 7.03. The molecule has 2 aliphatic heterocycles. The monoisotopic (exact) mass is 403 g/mol. The highest BCUT2D eigenvalue weighted by Gasteiger charge is 2.39. The number of piperidine rings is 1. The number of hydrogen-bond acceptors (Lipinski definition) is 5. The van der Waals surface area contributed by atoms with Gasteiger partial charge in [0.15, 0.2) is 0 Å². The topological polar surface area (TPSA) is 105 Å². The molecule has 1 atom stereocenters. The molecule has 154 valence electrons. The molecule has 1 aromatic carbocycles. The Morgan fingerprint density at radius 1 is 1.34 bits per heavy atom. The van der Waals surface area contributed by atoms with Crippen molar-refractivity contribution in [3.05, 3.63) is 47.0 Å². The second-order valence-corrected chi connectivity index (χ2v) is 7.03. The number of carbonyl (C=O) groups is 4. The Balaban J connectivity index is 1.56. The van der Waals surface area contributed by atoms with Gasteiger partial charge in [-0.3, -0.25) is 19.7 Å². The number of benzene rings is 1. The van der Waals surface area contributed by atoms with Crippen LogP contribution >= 0.6 is 0 Å². The van der Waals surface area contributed by atoms with Crippen LogP contribution in [0.25, 0.3) is 0 Å². The highest BCUT2D eigenvalue weighted by molar-refractivity contribution is 6.05. The van der Waals surface area contributed by atoms with Gasteiger partial charge in [-0.2, -0.15) is 0 Å². The minimum Gasteiger partial charge on any atom is -0.445 e. The van der Waals surface area contributed by atoms with E-state index in [2.05, 4.69) is 17.2 Å². The number of alkyl carbamates (subject to hydrolysis) is 1. The first-order chi connectivity index (χ1) is 13.9. The SMILES string of the molecule is C=C(CF)CCNC(=O)OCc1ccc2c(c1)C(=O)N(C1CCC(=O)NC1=O)C2. The molecule has 1 fully saturated rings. The largest absolute Gasteiger partial charge is 0.445 e. The number of hydrogen-bond donors (Lipinski definition) is 2. The number of nitrogens with zero attached hydrogens (tertiary/aromatic N) is 1. The van der Waals surface area contributed by atoms with Crippen LogP contribution in [0.3, 0.4) is 0 Å². The summed E-state index contributed by atoms with van der Waals surface area (Å²) in [7, 11) is 0. The first kappa shape index (κ1) is 20.5.